The third-order valence-corrected chi connectivity index (χ3v) is 0.862. The Morgan fingerprint density at radius 3 is 0.812 bits per heavy atom. The van der Waals surface area contributed by atoms with Crippen molar-refractivity contribution in [1.29, 1.82) is 0 Å². The molecule has 16 heavy (non-hydrogen) atoms. The SMILES string of the molecule is COCC[O-].COCC[O-].COCC[O-].[Pr+3]. The van der Waals surface area contributed by atoms with Crippen LogP contribution in [0.3, 0.4) is 0 Å². The third kappa shape index (κ3) is 59.4. The van der Waals surface area contributed by atoms with E-state index in [-0.39, 0.29) is 61.1 Å². The topological polar surface area (TPSA) is 96.9 Å². The van der Waals surface area contributed by atoms with Crippen LogP contribution in [0.1, 0.15) is 0 Å². The molecule has 0 rings (SSSR count). The summed E-state index contributed by atoms with van der Waals surface area (Å²) in [5, 5.41) is 28.2. The van der Waals surface area contributed by atoms with Gasteiger partial charge in [0.25, 0.3) is 0 Å². The Hall–Kier alpha value is 1.12. The fourth-order valence-electron chi connectivity index (χ4n) is 0.250. The van der Waals surface area contributed by atoms with E-state index < -0.39 is 0 Å². The summed E-state index contributed by atoms with van der Waals surface area (Å²) in [6.45, 7) is 0.615. The second-order valence-corrected chi connectivity index (χ2v) is 2.09. The number of methoxy groups -OCH3 is 3. The first-order valence-electron chi connectivity index (χ1n) is 4.46. The average Bonchev–Trinajstić information content (AvgIpc) is 2.23. The first-order valence-corrected chi connectivity index (χ1v) is 4.46. The van der Waals surface area contributed by atoms with E-state index in [9.17, 15) is 15.3 Å². The zero-order chi connectivity index (χ0) is 12.4. The first kappa shape index (κ1) is 25.8. The molecule has 6 nitrogen and oxygen atoms in total. The van der Waals surface area contributed by atoms with Crippen LogP contribution < -0.4 is 15.3 Å². The molecule has 0 spiro atoms. The fourth-order valence-corrected chi connectivity index (χ4v) is 0.250. The standard InChI is InChI=1S/3C3H7O2.Pr/c3*1-5-3-2-4;/h3*2-3H2,1H3;/q3*-1;+3. The van der Waals surface area contributed by atoms with Crippen molar-refractivity contribution in [3.8, 4) is 0 Å². The number of hydrogen-bond acceptors (Lipinski definition) is 6. The van der Waals surface area contributed by atoms with E-state index in [4.69, 9.17) is 0 Å². The van der Waals surface area contributed by atoms with Crippen LogP contribution >= 0.6 is 0 Å². The molecule has 7 heteroatoms. The molecule has 0 atom stereocenters. The van der Waals surface area contributed by atoms with Gasteiger partial charge in [-0.1, -0.05) is 0 Å². The first-order chi connectivity index (χ1) is 7.24. The number of ether oxygens (including phenoxy) is 3. The van der Waals surface area contributed by atoms with E-state index in [1.165, 1.54) is 21.3 Å². The van der Waals surface area contributed by atoms with Crippen molar-refractivity contribution in [1.82, 2.24) is 0 Å². The van der Waals surface area contributed by atoms with Gasteiger partial charge >= 0.3 is 41.3 Å². The summed E-state index contributed by atoms with van der Waals surface area (Å²) in [4.78, 5) is 0. The molecule has 0 aromatic carbocycles. The van der Waals surface area contributed by atoms with Crippen LogP contribution in [-0.2, 0) is 14.2 Å². The van der Waals surface area contributed by atoms with Gasteiger partial charge in [0.1, 0.15) is 0 Å². The maximum Gasteiger partial charge on any atom is 3.00 e. The molecule has 0 amide bonds. The van der Waals surface area contributed by atoms with Crippen LogP contribution in [0.5, 0.6) is 0 Å². The van der Waals surface area contributed by atoms with Gasteiger partial charge in [-0.05, 0) is 0 Å². The zero-order valence-corrected chi connectivity index (χ0v) is 14.0. The van der Waals surface area contributed by atoms with Gasteiger partial charge in [-0.2, -0.15) is 0 Å². The molecule has 96 valence electrons. The van der Waals surface area contributed by atoms with E-state index in [0.717, 1.165) is 0 Å². The Morgan fingerprint density at radius 1 is 0.625 bits per heavy atom. The molecule has 0 fully saturated rings. The van der Waals surface area contributed by atoms with Crippen LogP contribution in [0.2, 0.25) is 0 Å². The third-order valence-electron chi connectivity index (χ3n) is 0.862. The molecule has 0 aliphatic rings. The molecule has 0 aliphatic carbocycles. The predicted octanol–water partition coefficient (Wildman–Crippen LogP) is -3.02. The minimum atomic E-state index is -0.128. The van der Waals surface area contributed by atoms with Gasteiger partial charge in [-0.25, -0.2) is 0 Å². The van der Waals surface area contributed by atoms with E-state index >= 15 is 0 Å². The van der Waals surface area contributed by atoms with E-state index in [2.05, 4.69) is 14.2 Å². The summed E-state index contributed by atoms with van der Waals surface area (Å²) in [5.41, 5.74) is 0. The number of rotatable bonds is 6. The van der Waals surface area contributed by atoms with Crippen molar-refractivity contribution < 1.29 is 70.8 Å². The normalized spacial score (nSPS) is 7.88. The predicted molar refractivity (Wildman–Crippen MR) is 50.2 cm³/mol. The van der Waals surface area contributed by atoms with Crippen molar-refractivity contribution in [3.05, 3.63) is 0 Å². The van der Waals surface area contributed by atoms with Crippen molar-refractivity contribution in [3.63, 3.8) is 0 Å². The molecule has 0 bridgehead atoms. The van der Waals surface area contributed by atoms with Crippen molar-refractivity contribution >= 4 is 0 Å². The molecule has 0 saturated carbocycles. The monoisotopic (exact) mass is 366 g/mol. The number of hydrogen-bond donors (Lipinski definition) is 0. The quantitative estimate of drug-likeness (QED) is 0.497. The molecule has 0 heterocycles. The molecule has 0 aromatic rings. The molecule has 0 unspecified atom stereocenters. The summed E-state index contributed by atoms with van der Waals surface area (Å²) in [6.07, 6.45) is 0. The van der Waals surface area contributed by atoms with Crippen molar-refractivity contribution in [2.75, 3.05) is 61.0 Å². The van der Waals surface area contributed by atoms with Crippen molar-refractivity contribution in [2.24, 2.45) is 0 Å². The second-order valence-electron chi connectivity index (χ2n) is 2.09. The van der Waals surface area contributed by atoms with Gasteiger partial charge in [0.2, 0.25) is 0 Å². The largest absolute Gasteiger partial charge is 3.00 e. The molecule has 0 radical (unpaired) electrons. The van der Waals surface area contributed by atoms with Crippen LogP contribution in [-0.4, -0.2) is 61.0 Å². The Morgan fingerprint density at radius 2 is 0.812 bits per heavy atom. The minimum absolute atomic E-state index is 0. The molecular formula is C9H21O6Pr. The minimum Gasteiger partial charge on any atom is -0.853 e. The van der Waals surface area contributed by atoms with Gasteiger partial charge in [0, 0.05) is 41.2 Å². The van der Waals surface area contributed by atoms with Crippen LogP contribution in [0.15, 0.2) is 0 Å². The Kier molecular flexibility index (Phi) is 58.1. The Balaban J connectivity index is -0.0000000655. The van der Waals surface area contributed by atoms with Crippen LogP contribution in [0.4, 0.5) is 0 Å². The van der Waals surface area contributed by atoms with E-state index in [1.54, 1.807) is 0 Å². The summed E-state index contributed by atoms with van der Waals surface area (Å²) >= 11 is 0. The fraction of sp³-hybridized carbons (Fsp3) is 1.00. The van der Waals surface area contributed by atoms with Gasteiger partial charge in [0.05, 0.1) is 0 Å². The molecular weight excluding hydrogens is 345 g/mol. The van der Waals surface area contributed by atoms with Crippen molar-refractivity contribution in [2.45, 2.75) is 0 Å². The molecule has 0 saturated heterocycles. The smallest absolute Gasteiger partial charge is 0.853 e. The maximum atomic E-state index is 9.40. The van der Waals surface area contributed by atoms with Gasteiger partial charge in [0.15, 0.2) is 0 Å². The Labute approximate surface area is 131 Å². The Bertz CT molecular complexity index is 56.8. The van der Waals surface area contributed by atoms with E-state index in [0.29, 0.717) is 19.8 Å². The van der Waals surface area contributed by atoms with Gasteiger partial charge < -0.3 is 29.5 Å². The second kappa shape index (κ2) is 36.0. The average molecular weight is 366 g/mol. The summed E-state index contributed by atoms with van der Waals surface area (Å²) < 4.78 is 13.1. The van der Waals surface area contributed by atoms with Crippen LogP contribution in [0, 0.1) is 41.3 Å². The van der Waals surface area contributed by atoms with E-state index in [1.807, 2.05) is 0 Å². The molecule has 0 aromatic heterocycles. The maximum absolute atomic E-state index is 9.40. The summed E-state index contributed by atoms with van der Waals surface area (Å²) in [5.74, 6) is 0. The zero-order valence-electron chi connectivity index (χ0n) is 10.3. The summed E-state index contributed by atoms with van der Waals surface area (Å²) in [6, 6.07) is 0. The van der Waals surface area contributed by atoms with Gasteiger partial charge in [-0.15, -0.1) is 19.8 Å². The molecule has 0 N–H and O–H groups in total. The van der Waals surface area contributed by atoms with Crippen LogP contribution in [0.25, 0.3) is 0 Å². The van der Waals surface area contributed by atoms with Gasteiger partial charge in [-0.3, -0.25) is 0 Å². The molecule has 0 aliphatic heterocycles. The summed E-state index contributed by atoms with van der Waals surface area (Å²) in [7, 11) is 4.54.